The summed E-state index contributed by atoms with van der Waals surface area (Å²) in [7, 11) is 6.59. The smallest absolute Gasteiger partial charge is 0.450 e. The zero-order valence-corrected chi connectivity index (χ0v) is 79.6. The fraction of sp³-hybridized carbons (Fsp3) is 0.784. The Balaban J connectivity index is 0.000000752. The predicted molar refractivity (Wildman–Crippen MR) is 470 cm³/mol. The van der Waals surface area contributed by atoms with Gasteiger partial charge in [0.15, 0.2) is 0 Å². The van der Waals surface area contributed by atoms with Crippen LogP contribution in [0.15, 0.2) is 69.8 Å². The molecule has 2 aliphatic rings. The molecule has 1 amide bonds. The van der Waals surface area contributed by atoms with Crippen LogP contribution in [0.1, 0.15) is 278 Å². The highest BCUT2D eigenvalue weighted by atomic mass is 35.5. The molecule has 3 aromatic heterocycles. The third kappa shape index (κ3) is 35.9. The van der Waals surface area contributed by atoms with Crippen molar-refractivity contribution in [2.45, 2.75) is 333 Å². The molecular weight excluding hydrogens is 1500 g/mol. The van der Waals surface area contributed by atoms with E-state index in [2.05, 4.69) is 214 Å². The van der Waals surface area contributed by atoms with Crippen LogP contribution in [0, 0.1) is 103 Å². The monoisotopic (exact) mass is 1650 g/mol. The van der Waals surface area contributed by atoms with E-state index in [9.17, 15) is 34.5 Å². The number of rotatable bonds is 19. The van der Waals surface area contributed by atoms with Crippen molar-refractivity contribution >= 4 is 95.5 Å². The lowest BCUT2D eigenvalue weighted by atomic mass is 9.60. The van der Waals surface area contributed by atoms with Gasteiger partial charge in [0.2, 0.25) is 5.91 Å². The molecule has 0 aliphatic carbocycles. The Kier molecular flexibility index (Phi) is 43.1. The SMILES string of the molecule is C/C(=C\c1csc(C)n1)C1C[C@@H]2O[C@]2(C)CCCC(C)(C)[C@H](C)[C@H](O)[C@@H](C)C(C)(C)C(=O)C(C)(C)[C@@H](O)CC(=O)N1.C[C@H](C(O)[C@@H](C)C(C)(C)C)C(C)(C)C.C[C@H](C(OC(=O)Cl)[C@@H](C)C(C)(C)C)C(C)(C)C.C[C@H](C(OC(=O)OCCSSc1ccccn1)[C@@H](C)C(C)(C)C)C(C)(C)C.NCCSSc1ccccn1. The molecule has 0 radical (unpaired) electrons. The van der Waals surface area contributed by atoms with Crippen LogP contribution < -0.4 is 11.1 Å². The van der Waals surface area contributed by atoms with Crippen LogP contribution in [0.25, 0.3) is 6.08 Å². The number of aliphatic hydroxyl groups is 3. The number of fused-ring (bicyclic) bond motifs is 1. The van der Waals surface area contributed by atoms with Gasteiger partial charge in [0.1, 0.15) is 34.6 Å². The van der Waals surface area contributed by atoms with Crippen LogP contribution in [0.5, 0.6) is 0 Å². The number of halogens is 1. The summed E-state index contributed by atoms with van der Waals surface area (Å²) in [6.45, 7) is 74.7. The molecule has 3 aromatic rings. The maximum atomic E-state index is 14.0. The molecule has 0 bridgehead atoms. The molecule has 2 aliphatic heterocycles. The Morgan fingerprint density at radius 3 is 1.50 bits per heavy atom. The average molecular weight is 1650 g/mol. The molecule has 6 N–H and O–H groups in total. The molecule has 5 heterocycles. The number of aromatic nitrogens is 3. The number of thiazole rings is 1. The standard InChI is InChI=1S/C33H54N2O5S.C21H35NO3S2.C14H27ClO2.C13H28O.C7H10N2S2/c1-19(15-23-18-41-22(4)34-23)24-16-26-33(11,40-26)14-12-13-30(5,6)20(2)28(38)21(3)31(7,8)29(39)32(9,10)25(36)17-27(37)35-24;1-15(20(3,4)5)18(16(2)21(6,7)8)25-19(23)24-13-14-26-27-17-11-9-10-12-22-17;1-9(13(3,4)5)11(17-12(15)16)10(2)14(6,7)8;1-9(12(3,4)5)11(14)10(2)13(6,7)8;8-4-6-10-11-7-3-1-2-5-9-7/h15,18,20-21,24-26,28,36,38H,12-14,16-17H2,1-11H3,(H,35,37);9-12,15-16,18H,13-14H2,1-8H3;9-11H,1-8H3;9-11,14H,1-8H3;1-3,5H,4,6,8H2/b19-15+;;;;/t20-,21-,24?,25+,26+,28+,33-;15-,16-;2*9-,10-;/m1111./s1. The highest BCUT2D eigenvalue weighted by Gasteiger charge is 2.54. The van der Waals surface area contributed by atoms with Gasteiger partial charge in [-0.05, 0) is 183 Å². The summed E-state index contributed by atoms with van der Waals surface area (Å²) < 4.78 is 22.7. The number of aliphatic hydroxyl groups excluding tert-OH is 3. The molecule has 16 nitrogen and oxygen atoms in total. The van der Waals surface area contributed by atoms with Gasteiger partial charge >= 0.3 is 11.6 Å². The molecule has 22 heteroatoms. The number of epoxide rings is 1. The van der Waals surface area contributed by atoms with E-state index >= 15 is 0 Å². The second-order valence-corrected chi connectivity index (χ2v) is 46.0. The summed E-state index contributed by atoms with van der Waals surface area (Å²) in [5, 5.41) is 41.1. The first-order valence-electron chi connectivity index (χ1n) is 39.9. The zero-order chi connectivity index (χ0) is 85.5. The normalized spacial score (nSPS) is 23.3. The number of carbonyl (C=O) groups excluding carboxylic acids is 4. The van der Waals surface area contributed by atoms with Gasteiger partial charge in [-0.3, -0.25) is 9.59 Å². The summed E-state index contributed by atoms with van der Waals surface area (Å²) in [5.41, 5.74) is 4.57. The van der Waals surface area contributed by atoms with Crippen LogP contribution >= 0.6 is 66.1 Å². The van der Waals surface area contributed by atoms with Crippen LogP contribution in [0.3, 0.4) is 0 Å². The number of ether oxygens (including phenoxy) is 4. The van der Waals surface area contributed by atoms with E-state index in [1.165, 1.54) is 0 Å². The van der Waals surface area contributed by atoms with Crippen LogP contribution in [-0.2, 0) is 28.5 Å². The number of amides is 1. The number of Topliss-reactive ketones (excluding diaryl/α,β-unsaturated/α-hetero) is 1. The van der Waals surface area contributed by atoms with E-state index in [0.717, 1.165) is 57.9 Å². The quantitative estimate of drug-likeness (QED) is 0.0246. The zero-order valence-electron chi connectivity index (χ0n) is 74.7. The lowest BCUT2D eigenvalue weighted by Gasteiger charge is -2.45. The number of hydrogen-bond acceptors (Lipinski definition) is 20. The maximum Gasteiger partial charge on any atom is 0.508 e. The first-order valence-corrected chi connectivity index (χ1v) is 45.8. The molecular formula is C88H154ClN5O11S5. The molecule has 5 rings (SSSR count). The summed E-state index contributed by atoms with van der Waals surface area (Å²) in [4.78, 5) is 63.6. The summed E-state index contributed by atoms with van der Waals surface area (Å²) in [6.07, 6.45) is 5.76. The topological polar surface area (TPSA) is 246 Å². The summed E-state index contributed by atoms with van der Waals surface area (Å²) in [6, 6.07) is 11.4. The highest BCUT2D eigenvalue weighted by Crippen LogP contribution is 2.49. The highest BCUT2D eigenvalue weighted by molar-refractivity contribution is 8.77. The second-order valence-electron chi connectivity index (χ2n) is 39.7. The van der Waals surface area contributed by atoms with E-state index in [0.29, 0.717) is 30.6 Å². The minimum Gasteiger partial charge on any atom is -0.450 e. The van der Waals surface area contributed by atoms with E-state index in [-0.39, 0.29) is 128 Å². The molecule has 1 unspecified atom stereocenters. The number of nitrogens with one attached hydrogen (secondary N) is 1. The fourth-order valence-electron chi connectivity index (χ4n) is 12.6. The Morgan fingerprint density at radius 2 is 1.11 bits per heavy atom. The fourth-order valence-corrected chi connectivity index (χ4v) is 16.8. The summed E-state index contributed by atoms with van der Waals surface area (Å²) >= 11 is 6.98. The third-order valence-electron chi connectivity index (χ3n) is 24.5. The molecule has 13 atom stereocenters. The van der Waals surface area contributed by atoms with Crippen molar-refractivity contribution in [2.24, 2.45) is 102 Å². The predicted octanol–water partition coefficient (Wildman–Crippen LogP) is 23.4. The number of nitrogens with zero attached hydrogens (tertiary/aromatic N) is 3. The molecule has 634 valence electrons. The molecule has 110 heavy (non-hydrogen) atoms. The van der Waals surface area contributed by atoms with Gasteiger partial charge in [0, 0.05) is 59.3 Å². The number of pyridine rings is 2. The van der Waals surface area contributed by atoms with Crippen molar-refractivity contribution in [1.29, 1.82) is 0 Å². The van der Waals surface area contributed by atoms with Crippen LogP contribution in [0.2, 0.25) is 0 Å². The van der Waals surface area contributed by atoms with Crippen molar-refractivity contribution in [3.05, 3.63) is 70.4 Å². The third-order valence-corrected chi connectivity index (χ3v) is 29.9. The van der Waals surface area contributed by atoms with Crippen LogP contribution in [-0.4, -0.2) is 126 Å². The average Bonchev–Trinajstić information content (AvgIpc) is 1.52. The molecule has 0 spiro atoms. The first-order chi connectivity index (χ1) is 49.9. The van der Waals surface area contributed by atoms with E-state index < -0.39 is 34.6 Å². The molecule has 2 saturated heterocycles. The van der Waals surface area contributed by atoms with Gasteiger partial charge in [-0.25, -0.2) is 24.5 Å². The van der Waals surface area contributed by atoms with Gasteiger partial charge in [0.05, 0.1) is 58.6 Å². The van der Waals surface area contributed by atoms with Crippen LogP contribution in [0.4, 0.5) is 9.59 Å². The number of carbonyl (C=O) groups is 4. The Bertz CT molecular complexity index is 3160. The van der Waals surface area contributed by atoms with Crippen molar-refractivity contribution in [3.63, 3.8) is 0 Å². The second kappa shape index (κ2) is 45.1. The first kappa shape index (κ1) is 105. The molecule has 0 aromatic carbocycles. The van der Waals surface area contributed by atoms with E-state index in [1.807, 2.05) is 82.5 Å². The number of hydrogen-bond donors (Lipinski definition) is 5. The minimum absolute atomic E-state index is 0.00194. The van der Waals surface area contributed by atoms with Crippen molar-refractivity contribution < 1.29 is 53.4 Å². The van der Waals surface area contributed by atoms with Gasteiger partial charge in [-0.2, -0.15) is 0 Å². The van der Waals surface area contributed by atoms with E-state index in [1.54, 1.807) is 80.8 Å². The molecule has 0 saturated carbocycles. The van der Waals surface area contributed by atoms with Gasteiger partial charge in [0.25, 0.3) is 0 Å². The van der Waals surface area contributed by atoms with Crippen molar-refractivity contribution in [3.8, 4) is 0 Å². The Hall–Kier alpha value is -2.96. The minimum atomic E-state index is -1.18. The maximum absolute atomic E-state index is 14.0. The number of ketones is 1. The lowest BCUT2D eigenvalue weighted by molar-refractivity contribution is -0.150. The Labute approximate surface area is 694 Å². The molecule has 2 fully saturated rings. The van der Waals surface area contributed by atoms with E-state index in [4.69, 9.17) is 36.3 Å². The number of nitrogens with two attached hydrogens (primary N) is 1. The Morgan fingerprint density at radius 1 is 0.673 bits per heavy atom. The van der Waals surface area contributed by atoms with Crippen molar-refractivity contribution in [1.82, 2.24) is 20.3 Å². The van der Waals surface area contributed by atoms with Gasteiger partial charge in [-0.15, -0.1) is 11.3 Å². The van der Waals surface area contributed by atoms with Crippen molar-refractivity contribution in [2.75, 3.05) is 24.7 Å². The number of aryl methyl sites for hydroxylation is 1. The van der Waals surface area contributed by atoms with Gasteiger partial charge < -0.3 is 45.3 Å². The largest absolute Gasteiger partial charge is 0.508 e. The lowest BCUT2D eigenvalue weighted by Crippen LogP contribution is -2.52. The van der Waals surface area contributed by atoms with Gasteiger partial charge in [-0.1, -0.05) is 255 Å². The summed E-state index contributed by atoms with van der Waals surface area (Å²) in [5.74, 6) is 2.40.